The Hall–Kier alpha value is -2.13. The molecule has 1 aromatic heterocycles. The molecule has 0 fully saturated rings. The number of benzene rings is 1. The lowest BCUT2D eigenvalue weighted by molar-refractivity contribution is 0.404. The molecule has 0 saturated heterocycles. The highest BCUT2D eigenvalue weighted by Crippen LogP contribution is 2.33. The minimum Gasteiger partial charge on any atom is -0.497 e. The zero-order valence-electron chi connectivity index (χ0n) is 11.9. The van der Waals surface area contributed by atoms with E-state index in [2.05, 4.69) is 10.2 Å². The van der Waals surface area contributed by atoms with E-state index < -0.39 is 10.0 Å². The fraction of sp³-hybridized carbons (Fsp3) is 0.333. The third kappa shape index (κ3) is 2.83. The van der Waals surface area contributed by atoms with Crippen molar-refractivity contribution in [3.05, 3.63) is 18.2 Å². The third-order valence-electron chi connectivity index (χ3n) is 2.94. The lowest BCUT2D eigenvalue weighted by Gasteiger charge is -2.11. The zero-order valence-corrected chi connectivity index (χ0v) is 12.7. The van der Waals surface area contributed by atoms with Crippen LogP contribution >= 0.6 is 0 Å². The summed E-state index contributed by atoms with van der Waals surface area (Å²) in [5.41, 5.74) is 0.570. The normalized spacial score (nSPS) is 11.4. The quantitative estimate of drug-likeness (QED) is 0.867. The largest absolute Gasteiger partial charge is 0.497 e. The first-order valence-electron chi connectivity index (χ1n) is 6.10. The second kappa shape index (κ2) is 5.70. The zero-order chi connectivity index (χ0) is 15.6. The van der Waals surface area contributed by atoms with Crippen LogP contribution in [-0.4, -0.2) is 37.4 Å². The smallest absolute Gasteiger partial charge is 0.273 e. The molecule has 0 aliphatic carbocycles. The molecule has 0 atom stereocenters. The SMILES string of the molecule is CCn1c(-c2cc(OC)ccc2OC)nnc1S(N)(=O)=O. The van der Waals surface area contributed by atoms with Gasteiger partial charge >= 0.3 is 0 Å². The molecule has 0 aliphatic rings. The summed E-state index contributed by atoms with van der Waals surface area (Å²) in [7, 11) is -0.905. The van der Waals surface area contributed by atoms with Gasteiger partial charge in [0.15, 0.2) is 5.82 Å². The van der Waals surface area contributed by atoms with Crippen molar-refractivity contribution in [3.8, 4) is 22.9 Å². The van der Waals surface area contributed by atoms with Gasteiger partial charge in [-0.3, -0.25) is 4.57 Å². The number of aromatic nitrogens is 3. The van der Waals surface area contributed by atoms with E-state index in [4.69, 9.17) is 14.6 Å². The van der Waals surface area contributed by atoms with Gasteiger partial charge in [0.05, 0.1) is 19.8 Å². The van der Waals surface area contributed by atoms with Crippen LogP contribution in [0.4, 0.5) is 0 Å². The maximum Gasteiger partial charge on any atom is 0.273 e. The summed E-state index contributed by atoms with van der Waals surface area (Å²) in [6, 6.07) is 5.14. The number of primary sulfonamides is 1. The van der Waals surface area contributed by atoms with Gasteiger partial charge in [0.1, 0.15) is 11.5 Å². The van der Waals surface area contributed by atoms with Crippen molar-refractivity contribution in [3.63, 3.8) is 0 Å². The Kier molecular flexibility index (Phi) is 4.14. The van der Waals surface area contributed by atoms with Gasteiger partial charge in [0.25, 0.3) is 15.2 Å². The van der Waals surface area contributed by atoms with E-state index in [-0.39, 0.29) is 5.16 Å². The molecule has 0 unspecified atom stereocenters. The Balaban J connectivity index is 2.70. The van der Waals surface area contributed by atoms with Gasteiger partial charge in [-0.05, 0) is 25.1 Å². The summed E-state index contributed by atoms with van der Waals surface area (Å²) in [5.74, 6) is 1.46. The van der Waals surface area contributed by atoms with Crippen LogP contribution in [0.25, 0.3) is 11.4 Å². The predicted molar refractivity (Wildman–Crippen MR) is 75.6 cm³/mol. The molecule has 8 nitrogen and oxygen atoms in total. The summed E-state index contributed by atoms with van der Waals surface area (Å²) in [6.45, 7) is 2.11. The number of hydrogen-bond acceptors (Lipinski definition) is 6. The summed E-state index contributed by atoms with van der Waals surface area (Å²) in [6.07, 6.45) is 0. The van der Waals surface area contributed by atoms with Crippen LogP contribution in [-0.2, 0) is 16.6 Å². The van der Waals surface area contributed by atoms with Crippen LogP contribution in [0.2, 0.25) is 0 Å². The van der Waals surface area contributed by atoms with E-state index in [1.54, 1.807) is 25.1 Å². The van der Waals surface area contributed by atoms with Crippen LogP contribution in [0.1, 0.15) is 6.92 Å². The fourth-order valence-electron chi connectivity index (χ4n) is 1.97. The highest BCUT2D eigenvalue weighted by atomic mass is 32.2. The Bertz CT molecular complexity index is 755. The van der Waals surface area contributed by atoms with Crippen molar-refractivity contribution in [2.75, 3.05) is 14.2 Å². The number of methoxy groups -OCH3 is 2. The minimum absolute atomic E-state index is 0.287. The first kappa shape index (κ1) is 15.3. The fourth-order valence-corrected chi connectivity index (χ4v) is 2.65. The van der Waals surface area contributed by atoms with Crippen molar-refractivity contribution in [1.29, 1.82) is 0 Å². The first-order chi connectivity index (χ1) is 9.92. The molecule has 114 valence electrons. The second-order valence-corrected chi connectivity index (χ2v) is 5.62. The Labute approximate surface area is 122 Å². The van der Waals surface area contributed by atoms with Crippen LogP contribution in [0, 0.1) is 0 Å². The lowest BCUT2D eigenvalue weighted by Crippen LogP contribution is -2.18. The van der Waals surface area contributed by atoms with Crippen LogP contribution in [0.15, 0.2) is 23.4 Å². The summed E-state index contributed by atoms with van der Waals surface area (Å²) in [5, 5.41) is 12.5. The van der Waals surface area contributed by atoms with Crippen molar-refractivity contribution in [1.82, 2.24) is 14.8 Å². The van der Waals surface area contributed by atoms with E-state index in [0.717, 1.165) is 0 Å². The number of nitrogens with zero attached hydrogens (tertiary/aromatic N) is 3. The van der Waals surface area contributed by atoms with Crippen molar-refractivity contribution >= 4 is 10.0 Å². The van der Waals surface area contributed by atoms with E-state index in [9.17, 15) is 8.42 Å². The molecular formula is C12H16N4O4S. The molecular weight excluding hydrogens is 296 g/mol. The van der Waals surface area contributed by atoms with Gasteiger partial charge < -0.3 is 9.47 Å². The van der Waals surface area contributed by atoms with Gasteiger partial charge in [-0.15, -0.1) is 10.2 Å². The number of sulfonamides is 1. The summed E-state index contributed by atoms with van der Waals surface area (Å²) in [4.78, 5) is 0. The van der Waals surface area contributed by atoms with Crippen LogP contribution in [0.5, 0.6) is 11.5 Å². The molecule has 2 rings (SSSR count). The van der Waals surface area contributed by atoms with Crippen LogP contribution < -0.4 is 14.6 Å². The molecule has 1 aromatic carbocycles. The number of rotatable bonds is 5. The highest BCUT2D eigenvalue weighted by molar-refractivity contribution is 7.89. The molecule has 21 heavy (non-hydrogen) atoms. The Morgan fingerprint density at radius 1 is 1.24 bits per heavy atom. The standard InChI is InChI=1S/C12H16N4O4S/c1-4-16-11(14-15-12(16)21(13,17)18)9-7-8(19-2)5-6-10(9)20-3/h5-7H,4H2,1-3H3,(H2,13,17,18). The first-order valence-corrected chi connectivity index (χ1v) is 7.65. The van der Waals surface area contributed by atoms with Gasteiger partial charge in [0, 0.05) is 6.54 Å². The second-order valence-electron chi connectivity index (χ2n) is 4.16. The molecule has 0 amide bonds. The average Bonchev–Trinajstić information content (AvgIpc) is 2.90. The molecule has 0 saturated carbocycles. The molecule has 0 aliphatic heterocycles. The molecule has 2 aromatic rings. The number of nitrogens with two attached hydrogens (primary N) is 1. The monoisotopic (exact) mass is 312 g/mol. The summed E-state index contributed by atoms with van der Waals surface area (Å²) >= 11 is 0. The van der Waals surface area contributed by atoms with Crippen molar-refractivity contribution < 1.29 is 17.9 Å². The maximum absolute atomic E-state index is 11.5. The molecule has 2 N–H and O–H groups in total. The predicted octanol–water partition coefficient (Wildman–Crippen LogP) is 0.630. The Morgan fingerprint density at radius 2 is 1.95 bits per heavy atom. The topological polar surface area (TPSA) is 109 Å². The van der Waals surface area contributed by atoms with Gasteiger partial charge in [0.2, 0.25) is 0 Å². The van der Waals surface area contributed by atoms with Gasteiger partial charge in [-0.2, -0.15) is 0 Å². The maximum atomic E-state index is 11.5. The molecule has 0 bridgehead atoms. The van der Waals surface area contributed by atoms with Crippen molar-refractivity contribution in [2.24, 2.45) is 5.14 Å². The lowest BCUT2D eigenvalue weighted by atomic mass is 10.1. The summed E-state index contributed by atoms with van der Waals surface area (Å²) < 4.78 is 34.9. The van der Waals surface area contributed by atoms with Crippen LogP contribution in [0.3, 0.4) is 0 Å². The molecule has 1 heterocycles. The van der Waals surface area contributed by atoms with E-state index >= 15 is 0 Å². The van der Waals surface area contributed by atoms with E-state index in [1.807, 2.05) is 0 Å². The highest BCUT2D eigenvalue weighted by Gasteiger charge is 2.23. The average molecular weight is 312 g/mol. The van der Waals surface area contributed by atoms with E-state index in [0.29, 0.717) is 29.4 Å². The molecule has 0 radical (unpaired) electrons. The Morgan fingerprint density at radius 3 is 2.48 bits per heavy atom. The molecule has 9 heteroatoms. The molecule has 0 spiro atoms. The van der Waals surface area contributed by atoms with Crippen molar-refractivity contribution in [2.45, 2.75) is 18.6 Å². The minimum atomic E-state index is -3.95. The van der Waals surface area contributed by atoms with Gasteiger partial charge in [-0.25, -0.2) is 13.6 Å². The number of ether oxygens (including phenoxy) is 2. The third-order valence-corrected chi connectivity index (χ3v) is 3.75. The van der Waals surface area contributed by atoms with E-state index in [1.165, 1.54) is 18.8 Å². The van der Waals surface area contributed by atoms with Gasteiger partial charge in [-0.1, -0.05) is 0 Å². The number of hydrogen-bond donors (Lipinski definition) is 1.